The van der Waals surface area contributed by atoms with Gasteiger partial charge in [-0.1, -0.05) is 0 Å². The van der Waals surface area contributed by atoms with E-state index in [-0.39, 0.29) is 11.3 Å². The summed E-state index contributed by atoms with van der Waals surface area (Å²) in [5.74, 6) is 0.913. The number of amides is 1. The van der Waals surface area contributed by atoms with Crippen molar-refractivity contribution in [3.05, 3.63) is 18.2 Å². The average molecular weight is 200 g/mol. The van der Waals surface area contributed by atoms with Crippen LogP contribution in [0.2, 0.25) is 0 Å². The van der Waals surface area contributed by atoms with Crippen LogP contribution in [-0.4, -0.2) is 32.7 Å². The molecule has 1 aromatic rings. The summed E-state index contributed by atoms with van der Waals surface area (Å²) in [6.45, 7) is 1.16. The number of nitrogens with one attached hydrogen (secondary N) is 1. The highest BCUT2D eigenvalue weighted by atomic mass is 35.5. The van der Waals surface area contributed by atoms with E-state index in [1.807, 2.05) is 0 Å². The third kappa shape index (κ3) is 1.83. The Bertz CT molecular complexity index is 298. The first-order valence-corrected chi connectivity index (χ1v) is 4.59. The summed E-state index contributed by atoms with van der Waals surface area (Å²) in [6.07, 6.45) is 3.87. The summed E-state index contributed by atoms with van der Waals surface area (Å²) in [4.78, 5) is 20.0. The average Bonchev–Trinajstić information content (AvgIpc) is 2.63. The minimum atomic E-state index is -0.0394. The van der Waals surface area contributed by atoms with Crippen LogP contribution >= 0.6 is 11.6 Å². The summed E-state index contributed by atoms with van der Waals surface area (Å²) >= 11 is 5.85. The number of halogens is 1. The molecule has 5 heteroatoms. The van der Waals surface area contributed by atoms with E-state index in [0.29, 0.717) is 19.5 Å². The third-order valence-electron chi connectivity index (χ3n) is 2.06. The van der Waals surface area contributed by atoms with Gasteiger partial charge in [-0.25, -0.2) is 4.98 Å². The van der Waals surface area contributed by atoms with E-state index in [0.717, 1.165) is 5.82 Å². The van der Waals surface area contributed by atoms with Gasteiger partial charge in [-0.2, -0.15) is 0 Å². The number of rotatable bonds is 2. The van der Waals surface area contributed by atoms with Gasteiger partial charge in [0, 0.05) is 25.4 Å². The molecule has 1 fully saturated rings. The van der Waals surface area contributed by atoms with Gasteiger partial charge in [0.1, 0.15) is 5.82 Å². The van der Waals surface area contributed by atoms with Crippen LogP contribution in [0.25, 0.3) is 0 Å². The molecule has 70 valence electrons. The van der Waals surface area contributed by atoms with Gasteiger partial charge >= 0.3 is 0 Å². The highest BCUT2D eigenvalue weighted by molar-refractivity contribution is 6.22. The van der Waals surface area contributed by atoms with Gasteiger partial charge in [0.2, 0.25) is 5.91 Å². The van der Waals surface area contributed by atoms with Crippen molar-refractivity contribution in [2.75, 3.05) is 6.54 Å². The summed E-state index contributed by atoms with van der Waals surface area (Å²) in [5, 5.41) is -0.0394. The molecule has 2 heterocycles. The van der Waals surface area contributed by atoms with Gasteiger partial charge in [0.05, 0.1) is 11.9 Å². The number of likely N-dealkylation sites (tertiary alicyclic amines) is 1. The van der Waals surface area contributed by atoms with Crippen molar-refractivity contribution in [1.29, 1.82) is 0 Å². The Morgan fingerprint density at radius 3 is 3.15 bits per heavy atom. The first-order chi connectivity index (χ1) is 6.25. The van der Waals surface area contributed by atoms with Crippen LogP contribution in [0.5, 0.6) is 0 Å². The molecule has 0 spiro atoms. The Hall–Kier alpha value is -1.03. The number of aromatic amines is 1. The zero-order valence-corrected chi connectivity index (χ0v) is 7.79. The lowest BCUT2D eigenvalue weighted by atomic mass is 10.4. The SMILES string of the molecule is O=C1CC(Cl)CN1Cc1ncc[nH]1. The molecule has 0 aromatic carbocycles. The van der Waals surface area contributed by atoms with Crippen molar-refractivity contribution >= 4 is 17.5 Å². The van der Waals surface area contributed by atoms with Crippen molar-refractivity contribution in [1.82, 2.24) is 14.9 Å². The number of imidazole rings is 1. The molecule has 1 aliphatic rings. The van der Waals surface area contributed by atoms with Crippen LogP contribution in [0.15, 0.2) is 12.4 Å². The number of hydrogen-bond donors (Lipinski definition) is 1. The molecule has 2 rings (SSSR count). The number of carbonyl (C=O) groups is 1. The predicted molar refractivity (Wildman–Crippen MR) is 48.3 cm³/mol. The van der Waals surface area contributed by atoms with Crippen molar-refractivity contribution in [2.24, 2.45) is 0 Å². The second-order valence-electron chi connectivity index (χ2n) is 3.11. The zero-order valence-electron chi connectivity index (χ0n) is 7.03. The van der Waals surface area contributed by atoms with Crippen molar-refractivity contribution < 1.29 is 4.79 Å². The molecule has 0 saturated carbocycles. The molecule has 1 unspecified atom stereocenters. The van der Waals surface area contributed by atoms with E-state index in [1.165, 1.54) is 0 Å². The summed E-state index contributed by atoms with van der Waals surface area (Å²) in [7, 11) is 0. The fourth-order valence-electron chi connectivity index (χ4n) is 1.44. The monoisotopic (exact) mass is 199 g/mol. The van der Waals surface area contributed by atoms with Gasteiger partial charge < -0.3 is 9.88 Å². The highest BCUT2D eigenvalue weighted by Crippen LogP contribution is 2.17. The lowest BCUT2D eigenvalue weighted by molar-refractivity contribution is -0.128. The van der Waals surface area contributed by atoms with Crippen molar-refractivity contribution in [3.63, 3.8) is 0 Å². The van der Waals surface area contributed by atoms with Crippen LogP contribution in [-0.2, 0) is 11.3 Å². The minimum Gasteiger partial charge on any atom is -0.347 e. The van der Waals surface area contributed by atoms with Crippen LogP contribution in [0, 0.1) is 0 Å². The number of nitrogens with zero attached hydrogens (tertiary/aromatic N) is 2. The second kappa shape index (κ2) is 3.38. The standard InChI is InChI=1S/C8H10ClN3O/c9-6-3-8(13)12(4-6)5-7-10-1-2-11-7/h1-2,6H,3-5H2,(H,10,11). The molecule has 1 saturated heterocycles. The molecular weight excluding hydrogens is 190 g/mol. The molecule has 0 radical (unpaired) electrons. The van der Waals surface area contributed by atoms with E-state index >= 15 is 0 Å². The van der Waals surface area contributed by atoms with Gasteiger partial charge in [0.15, 0.2) is 0 Å². The Balaban J connectivity index is 1.99. The zero-order chi connectivity index (χ0) is 9.26. The van der Waals surface area contributed by atoms with Crippen molar-refractivity contribution in [2.45, 2.75) is 18.3 Å². The van der Waals surface area contributed by atoms with Gasteiger partial charge in [0.25, 0.3) is 0 Å². The van der Waals surface area contributed by atoms with Crippen LogP contribution in [0.3, 0.4) is 0 Å². The Labute approximate surface area is 80.9 Å². The molecule has 13 heavy (non-hydrogen) atoms. The third-order valence-corrected chi connectivity index (χ3v) is 2.36. The Morgan fingerprint density at radius 2 is 2.62 bits per heavy atom. The normalized spacial score (nSPS) is 22.7. The summed E-state index contributed by atoms with van der Waals surface area (Å²) in [5.41, 5.74) is 0. The van der Waals surface area contributed by atoms with E-state index in [9.17, 15) is 4.79 Å². The number of H-pyrrole nitrogens is 1. The van der Waals surface area contributed by atoms with Gasteiger partial charge in [-0.3, -0.25) is 4.79 Å². The maximum Gasteiger partial charge on any atom is 0.224 e. The smallest absolute Gasteiger partial charge is 0.224 e. The molecule has 1 N–H and O–H groups in total. The van der Waals surface area contributed by atoms with E-state index in [2.05, 4.69) is 9.97 Å². The lowest BCUT2D eigenvalue weighted by Gasteiger charge is -2.13. The molecule has 1 aliphatic heterocycles. The summed E-state index contributed by atoms with van der Waals surface area (Å²) < 4.78 is 0. The highest BCUT2D eigenvalue weighted by Gasteiger charge is 2.28. The predicted octanol–water partition coefficient (Wildman–Crippen LogP) is 0.749. The van der Waals surface area contributed by atoms with Gasteiger partial charge in [-0.15, -0.1) is 11.6 Å². The fraction of sp³-hybridized carbons (Fsp3) is 0.500. The molecule has 1 aromatic heterocycles. The maximum atomic E-state index is 11.3. The Morgan fingerprint density at radius 1 is 1.77 bits per heavy atom. The van der Waals surface area contributed by atoms with E-state index in [1.54, 1.807) is 17.3 Å². The molecule has 4 nitrogen and oxygen atoms in total. The Kier molecular flexibility index (Phi) is 2.22. The first-order valence-electron chi connectivity index (χ1n) is 4.16. The topological polar surface area (TPSA) is 49.0 Å². The number of aromatic nitrogens is 2. The number of carbonyl (C=O) groups excluding carboxylic acids is 1. The summed E-state index contributed by atoms with van der Waals surface area (Å²) in [6, 6.07) is 0. The maximum absolute atomic E-state index is 11.3. The molecule has 1 amide bonds. The first kappa shape index (κ1) is 8.56. The fourth-order valence-corrected chi connectivity index (χ4v) is 1.74. The lowest BCUT2D eigenvalue weighted by Crippen LogP contribution is -2.25. The second-order valence-corrected chi connectivity index (χ2v) is 3.73. The van der Waals surface area contributed by atoms with E-state index < -0.39 is 0 Å². The molecule has 0 bridgehead atoms. The van der Waals surface area contributed by atoms with E-state index in [4.69, 9.17) is 11.6 Å². The van der Waals surface area contributed by atoms with Gasteiger partial charge in [-0.05, 0) is 0 Å². The van der Waals surface area contributed by atoms with Crippen LogP contribution in [0.1, 0.15) is 12.2 Å². The van der Waals surface area contributed by atoms with Crippen LogP contribution < -0.4 is 0 Å². The molecule has 0 aliphatic carbocycles. The quantitative estimate of drug-likeness (QED) is 0.715. The largest absolute Gasteiger partial charge is 0.347 e. The van der Waals surface area contributed by atoms with Crippen molar-refractivity contribution in [3.8, 4) is 0 Å². The minimum absolute atomic E-state index is 0.0394. The molecule has 1 atom stereocenters. The number of alkyl halides is 1. The molecular formula is C8H10ClN3O. The number of hydrogen-bond acceptors (Lipinski definition) is 2. The van der Waals surface area contributed by atoms with Crippen LogP contribution in [0.4, 0.5) is 0 Å².